The van der Waals surface area contributed by atoms with E-state index in [-0.39, 0.29) is 35.0 Å². The quantitative estimate of drug-likeness (QED) is 0.274. The zero-order valence-electron chi connectivity index (χ0n) is 15.9. The molecule has 0 spiro atoms. The van der Waals surface area contributed by atoms with E-state index in [1.165, 1.54) is 30.3 Å². The summed E-state index contributed by atoms with van der Waals surface area (Å²) < 4.78 is 11.5. The van der Waals surface area contributed by atoms with Gasteiger partial charge in [-0.25, -0.2) is 4.79 Å². The highest BCUT2D eigenvalue weighted by molar-refractivity contribution is 5.90. The van der Waals surface area contributed by atoms with Gasteiger partial charge in [0.1, 0.15) is 23.4 Å². The van der Waals surface area contributed by atoms with Crippen LogP contribution in [0, 0.1) is 0 Å². The molecule has 0 aromatic heterocycles. The summed E-state index contributed by atoms with van der Waals surface area (Å²) >= 11 is 0. The first-order chi connectivity index (χ1) is 14.7. The highest BCUT2D eigenvalue weighted by atomic mass is 16.6. The molecule has 1 aliphatic rings. The molecule has 3 aromatic rings. The van der Waals surface area contributed by atoms with Gasteiger partial charge < -0.3 is 40.1 Å². The molecule has 9 heteroatoms. The van der Waals surface area contributed by atoms with Crippen LogP contribution in [0.4, 0.5) is 0 Å². The van der Waals surface area contributed by atoms with Crippen LogP contribution in [0.3, 0.4) is 0 Å². The van der Waals surface area contributed by atoms with Gasteiger partial charge in [-0.05, 0) is 30.3 Å². The van der Waals surface area contributed by atoms with Crippen molar-refractivity contribution in [1.29, 1.82) is 0 Å². The molecule has 2 atom stereocenters. The van der Waals surface area contributed by atoms with Gasteiger partial charge in [-0.15, -0.1) is 0 Å². The number of fused-ring (bicyclic) bond motifs is 1. The number of hydrogen-bond acceptors (Lipinski definition) is 9. The predicted molar refractivity (Wildman–Crippen MR) is 106 cm³/mol. The van der Waals surface area contributed by atoms with Crippen molar-refractivity contribution in [3.8, 4) is 40.2 Å². The molecule has 0 radical (unpaired) electrons. The van der Waals surface area contributed by atoms with Crippen LogP contribution in [0.2, 0.25) is 0 Å². The monoisotopic (exact) mass is 426 g/mol. The standard InChI is InChI=1S/C22H18O9/c23-12-7-16(26)13-9-20(31-22(29)11-2-4-15(25)18(28)6-11)21(30-19(13)8-12)10-1-3-14(24)17(27)5-10/h1-8,20-21,23-28H,9H2/t20-,21-/m1/s1. The molecule has 0 saturated heterocycles. The molecule has 4 rings (SSSR count). The summed E-state index contributed by atoms with van der Waals surface area (Å²) in [7, 11) is 0. The van der Waals surface area contributed by atoms with Gasteiger partial charge in [0.05, 0.1) is 5.56 Å². The summed E-state index contributed by atoms with van der Waals surface area (Å²) in [5, 5.41) is 58.5. The van der Waals surface area contributed by atoms with Crippen molar-refractivity contribution >= 4 is 5.97 Å². The van der Waals surface area contributed by atoms with Crippen molar-refractivity contribution in [2.45, 2.75) is 18.6 Å². The highest BCUT2D eigenvalue weighted by Gasteiger charge is 2.36. The molecule has 0 aliphatic carbocycles. The molecule has 1 aliphatic heterocycles. The van der Waals surface area contributed by atoms with Crippen molar-refractivity contribution in [2.24, 2.45) is 0 Å². The van der Waals surface area contributed by atoms with Gasteiger partial charge in [-0.3, -0.25) is 0 Å². The molecular formula is C22H18O9. The van der Waals surface area contributed by atoms with Crippen LogP contribution in [-0.4, -0.2) is 42.7 Å². The molecule has 9 nitrogen and oxygen atoms in total. The lowest BCUT2D eigenvalue weighted by atomic mass is 9.93. The third-order valence-electron chi connectivity index (χ3n) is 4.96. The van der Waals surface area contributed by atoms with Gasteiger partial charge in [-0.1, -0.05) is 6.07 Å². The summed E-state index contributed by atoms with van der Waals surface area (Å²) in [5.41, 5.74) is 0.655. The number of aromatic hydroxyl groups is 6. The molecule has 0 bridgehead atoms. The Bertz CT molecular complexity index is 1170. The molecule has 3 aromatic carbocycles. The fourth-order valence-corrected chi connectivity index (χ4v) is 3.41. The minimum atomic E-state index is -0.977. The van der Waals surface area contributed by atoms with Crippen LogP contribution in [0.25, 0.3) is 0 Å². The van der Waals surface area contributed by atoms with E-state index in [4.69, 9.17) is 9.47 Å². The molecule has 0 fully saturated rings. The summed E-state index contributed by atoms with van der Waals surface area (Å²) in [6.07, 6.45) is -1.91. The van der Waals surface area contributed by atoms with Crippen LogP contribution in [-0.2, 0) is 11.2 Å². The molecule has 6 N–H and O–H groups in total. The number of ether oxygens (including phenoxy) is 2. The van der Waals surface area contributed by atoms with Gasteiger partial charge >= 0.3 is 5.97 Å². The number of phenolic OH excluding ortho intramolecular Hbond substituents is 6. The fourth-order valence-electron chi connectivity index (χ4n) is 3.41. The summed E-state index contributed by atoms with van der Waals surface area (Å²) in [4.78, 5) is 12.7. The number of rotatable bonds is 3. The molecule has 1 heterocycles. The third kappa shape index (κ3) is 3.80. The van der Waals surface area contributed by atoms with Crippen LogP contribution >= 0.6 is 0 Å². The van der Waals surface area contributed by atoms with E-state index < -0.39 is 35.4 Å². The first kappa shape index (κ1) is 20.0. The van der Waals surface area contributed by atoms with E-state index in [0.29, 0.717) is 11.1 Å². The summed E-state index contributed by atoms with van der Waals surface area (Å²) in [5.74, 6) is -2.75. The average molecular weight is 426 g/mol. The molecule has 160 valence electrons. The van der Waals surface area contributed by atoms with Crippen molar-refractivity contribution in [3.05, 3.63) is 65.2 Å². The molecule has 0 amide bonds. The van der Waals surface area contributed by atoms with Gasteiger partial charge in [-0.2, -0.15) is 0 Å². The second-order valence-corrected chi connectivity index (χ2v) is 7.08. The highest BCUT2D eigenvalue weighted by Crippen LogP contribution is 2.44. The molecule has 0 saturated carbocycles. The Kier molecular flexibility index (Phi) is 4.86. The Hall–Kier alpha value is -4.27. The van der Waals surface area contributed by atoms with E-state index in [0.717, 1.165) is 18.2 Å². The van der Waals surface area contributed by atoms with E-state index in [2.05, 4.69) is 0 Å². The van der Waals surface area contributed by atoms with E-state index >= 15 is 0 Å². The number of esters is 1. The van der Waals surface area contributed by atoms with Crippen LogP contribution in [0.15, 0.2) is 48.5 Å². The lowest BCUT2D eigenvalue weighted by Gasteiger charge is -2.34. The molecule has 0 unspecified atom stereocenters. The lowest BCUT2D eigenvalue weighted by Crippen LogP contribution is -2.34. The predicted octanol–water partition coefficient (Wildman–Crippen LogP) is 2.82. The topological polar surface area (TPSA) is 157 Å². The Labute approximate surface area is 175 Å². The van der Waals surface area contributed by atoms with E-state index in [1.807, 2.05) is 0 Å². The van der Waals surface area contributed by atoms with E-state index in [1.54, 1.807) is 0 Å². The zero-order chi connectivity index (χ0) is 22.3. The van der Waals surface area contributed by atoms with Gasteiger partial charge in [0, 0.05) is 29.7 Å². The number of carbonyl (C=O) groups is 1. The second-order valence-electron chi connectivity index (χ2n) is 7.08. The van der Waals surface area contributed by atoms with Crippen molar-refractivity contribution in [2.75, 3.05) is 0 Å². The largest absolute Gasteiger partial charge is 0.508 e. The number of hydrogen-bond donors (Lipinski definition) is 6. The summed E-state index contributed by atoms with van der Waals surface area (Å²) in [6, 6.07) is 9.87. The maximum Gasteiger partial charge on any atom is 0.338 e. The van der Waals surface area contributed by atoms with Crippen LogP contribution < -0.4 is 4.74 Å². The van der Waals surface area contributed by atoms with E-state index in [9.17, 15) is 35.4 Å². The smallest absolute Gasteiger partial charge is 0.338 e. The fraction of sp³-hybridized carbons (Fsp3) is 0.136. The lowest BCUT2D eigenvalue weighted by molar-refractivity contribution is -0.0188. The second kappa shape index (κ2) is 7.52. The number of phenols is 6. The molecule has 31 heavy (non-hydrogen) atoms. The Morgan fingerprint density at radius 3 is 2.16 bits per heavy atom. The first-order valence-corrected chi connectivity index (χ1v) is 9.19. The third-order valence-corrected chi connectivity index (χ3v) is 4.96. The van der Waals surface area contributed by atoms with Gasteiger partial charge in [0.25, 0.3) is 0 Å². The maximum absolute atomic E-state index is 12.7. The Morgan fingerprint density at radius 1 is 0.806 bits per heavy atom. The minimum absolute atomic E-state index is 0.0174. The SMILES string of the molecule is O=C(O[C@@H]1Cc2c(O)cc(O)cc2O[C@@H]1c1ccc(O)c(O)c1)c1ccc(O)c(O)c1. The van der Waals surface area contributed by atoms with Crippen molar-refractivity contribution in [1.82, 2.24) is 0 Å². The van der Waals surface area contributed by atoms with Crippen molar-refractivity contribution < 1.29 is 44.9 Å². The number of benzene rings is 3. The zero-order valence-corrected chi connectivity index (χ0v) is 15.9. The maximum atomic E-state index is 12.7. The average Bonchev–Trinajstić information content (AvgIpc) is 2.72. The normalized spacial score (nSPS) is 17.4. The summed E-state index contributed by atoms with van der Waals surface area (Å²) in [6.45, 7) is 0. The van der Waals surface area contributed by atoms with Crippen molar-refractivity contribution in [3.63, 3.8) is 0 Å². The van der Waals surface area contributed by atoms with Gasteiger partial charge in [0.2, 0.25) is 0 Å². The Balaban J connectivity index is 1.71. The molecular weight excluding hydrogens is 408 g/mol. The first-order valence-electron chi connectivity index (χ1n) is 9.19. The Morgan fingerprint density at radius 2 is 1.48 bits per heavy atom. The van der Waals surface area contributed by atoms with Gasteiger partial charge in [0.15, 0.2) is 29.1 Å². The minimum Gasteiger partial charge on any atom is -0.508 e. The van der Waals surface area contributed by atoms with Crippen LogP contribution in [0.5, 0.6) is 40.2 Å². The number of carbonyl (C=O) groups excluding carboxylic acids is 1. The van der Waals surface area contributed by atoms with Crippen LogP contribution in [0.1, 0.15) is 27.6 Å².